The average Bonchev–Trinajstić information content (AvgIpc) is 3.11. The largest absolute Gasteiger partial charge is 0.323 e. The first-order chi connectivity index (χ1) is 9.74. The molecule has 0 aliphatic carbocycles. The molecule has 0 spiro atoms. The smallest absolute Gasteiger partial charge is 0.242 e. The van der Waals surface area contributed by atoms with Crippen LogP contribution in [0.2, 0.25) is 0 Å². The summed E-state index contributed by atoms with van der Waals surface area (Å²) in [6, 6.07) is 3.60. The quantitative estimate of drug-likeness (QED) is 0.887. The molecule has 0 radical (unpaired) electrons. The number of nitrogens with one attached hydrogen (secondary N) is 2. The third-order valence-corrected chi connectivity index (χ3v) is 4.06. The van der Waals surface area contributed by atoms with Gasteiger partial charge in [0.05, 0.1) is 17.9 Å². The second-order valence-electron chi connectivity index (χ2n) is 4.51. The highest BCUT2D eigenvalue weighted by Crippen LogP contribution is 2.14. The molecule has 7 heteroatoms. The molecular formula is C13H15N5OS. The van der Waals surface area contributed by atoms with Gasteiger partial charge in [-0.25, -0.2) is 9.97 Å². The molecule has 1 aliphatic rings. The number of pyridine rings is 1. The zero-order valence-corrected chi connectivity index (χ0v) is 11.9. The first kappa shape index (κ1) is 13.1. The lowest BCUT2D eigenvalue weighted by Crippen LogP contribution is -2.37. The number of thioether (sulfide) groups is 1. The topological polar surface area (TPSA) is 71.8 Å². The van der Waals surface area contributed by atoms with Crippen molar-refractivity contribution >= 4 is 23.4 Å². The van der Waals surface area contributed by atoms with Crippen molar-refractivity contribution in [2.24, 2.45) is 0 Å². The predicted octanol–water partition coefficient (Wildman–Crippen LogP) is 1.18. The summed E-state index contributed by atoms with van der Waals surface area (Å²) in [5.74, 6) is 3.29. The molecule has 0 aromatic carbocycles. The maximum atomic E-state index is 12.0. The van der Waals surface area contributed by atoms with Crippen molar-refractivity contribution in [2.75, 3.05) is 16.9 Å². The number of rotatable bonds is 3. The number of aryl methyl sites for hydroxylation is 1. The maximum absolute atomic E-state index is 12.0. The van der Waals surface area contributed by atoms with E-state index in [1.54, 1.807) is 24.2 Å². The van der Waals surface area contributed by atoms with Gasteiger partial charge in [0.25, 0.3) is 0 Å². The van der Waals surface area contributed by atoms with Gasteiger partial charge in [-0.2, -0.15) is 0 Å². The molecule has 1 unspecified atom stereocenters. The van der Waals surface area contributed by atoms with Crippen LogP contribution in [0, 0.1) is 6.92 Å². The average molecular weight is 289 g/mol. The zero-order valence-electron chi connectivity index (χ0n) is 11.0. The predicted molar refractivity (Wildman–Crippen MR) is 79.0 cm³/mol. The van der Waals surface area contributed by atoms with Crippen LogP contribution in [0.25, 0.3) is 5.82 Å². The van der Waals surface area contributed by atoms with Crippen molar-refractivity contribution in [1.29, 1.82) is 0 Å². The Bertz CT molecular complexity index is 603. The Morgan fingerprint density at radius 2 is 2.40 bits per heavy atom. The van der Waals surface area contributed by atoms with Gasteiger partial charge >= 0.3 is 0 Å². The molecule has 0 saturated carbocycles. The Hall–Kier alpha value is -1.86. The standard InChI is InChI=1S/C13H15N5OS/c1-9-14-4-5-18(9)12-3-2-10(6-15-12)17-13(19)11-7-20-8-16-11/h2-6,11,16H,7-8H2,1H3,(H,17,19). The van der Waals surface area contributed by atoms with Gasteiger partial charge in [0.15, 0.2) is 0 Å². The third-order valence-electron chi connectivity index (χ3n) is 3.12. The summed E-state index contributed by atoms with van der Waals surface area (Å²) < 4.78 is 1.89. The lowest BCUT2D eigenvalue weighted by molar-refractivity contribution is -0.117. The molecule has 3 rings (SSSR count). The van der Waals surface area contributed by atoms with Gasteiger partial charge in [-0.3, -0.25) is 14.7 Å². The highest BCUT2D eigenvalue weighted by molar-refractivity contribution is 7.99. The highest BCUT2D eigenvalue weighted by Gasteiger charge is 2.22. The monoisotopic (exact) mass is 289 g/mol. The summed E-state index contributed by atoms with van der Waals surface area (Å²) in [4.78, 5) is 20.5. The summed E-state index contributed by atoms with van der Waals surface area (Å²) in [6.07, 6.45) is 5.25. The fraction of sp³-hybridized carbons (Fsp3) is 0.308. The van der Waals surface area contributed by atoms with Gasteiger partial charge in [0, 0.05) is 24.0 Å². The second kappa shape index (κ2) is 5.64. The molecule has 20 heavy (non-hydrogen) atoms. The first-order valence-electron chi connectivity index (χ1n) is 6.32. The molecule has 1 fully saturated rings. The number of carbonyl (C=O) groups excluding carboxylic acids is 1. The molecule has 1 aliphatic heterocycles. The van der Waals surface area contributed by atoms with Crippen molar-refractivity contribution in [1.82, 2.24) is 19.9 Å². The summed E-state index contributed by atoms with van der Waals surface area (Å²) >= 11 is 1.73. The lowest BCUT2D eigenvalue weighted by Gasteiger charge is -2.11. The third kappa shape index (κ3) is 2.68. The number of hydrogen-bond donors (Lipinski definition) is 2. The normalized spacial score (nSPS) is 18.1. The Morgan fingerprint density at radius 1 is 1.50 bits per heavy atom. The molecule has 2 N–H and O–H groups in total. The van der Waals surface area contributed by atoms with Gasteiger partial charge < -0.3 is 5.32 Å². The van der Waals surface area contributed by atoms with E-state index in [9.17, 15) is 4.79 Å². The van der Waals surface area contributed by atoms with Crippen LogP contribution in [-0.4, -0.2) is 38.1 Å². The number of carbonyl (C=O) groups is 1. The van der Waals surface area contributed by atoms with Gasteiger partial charge in [0.1, 0.15) is 11.6 Å². The molecule has 1 saturated heterocycles. The first-order valence-corrected chi connectivity index (χ1v) is 7.48. The van der Waals surface area contributed by atoms with Gasteiger partial charge in [-0.1, -0.05) is 0 Å². The number of nitrogens with zero attached hydrogens (tertiary/aromatic N) is 3. The Kier molecular flexibility index (Phi) is 3.70. The Balaban J connectivity index is 1.70. The molecule has 3 heterocycles. The SMILES string of the molecule is Cc1nccn1-c1ccc(NC(=O)C2CSCN2)cn1. The molecule has 1 atom stereocenters. The van der Waals surface area contributed by atoms with Crippen LogP contribution in [0.5, 0.6) is 0 Å². The van der Waals surface area contributed by atoms with Crippen LogP contribution in [-0.2, 0) is 4.79 Å². The second-order valence-corrected chi connectivity index (χ2v) is 5.54. The van der Waals surface area contributed by atoms with Crippen LogP contribution in [0.1, 0.15) is 5.82 Å². The number of anilines is 1. The number of amides is 1. The van der Waals surface area contributed by atoms with Crippen LogP contribution >= 0.6 is 11.8 Å². The highest BCUT2D eigenvalue weighted by atomic mass is 32.2. The van der Waals surface area contributed by atoms with Gasteiger partial charge in [-0.05, 0) is 19.1 Å². The van der Waals surface area contributed by atoms with E-state index in [2.05, 4.69) is 20.6 Å². The molecule has 0 bridgehead atoms. The molecule has 104 valence electrons. The van der Waals surface area contributed by atoms with E-state index in [-0.39, 0.29) is 11.9 Å². The molecular weight excluding hydrogens is 274 g/mol. The van der Waals surface area contributed by atoms with E-state index in [0.717, 1.165) is 23.3 Å². The Labute approximate surface area is 121 Å². The van der Waals surface area contributed by atoms with E-state index in [1.165, 1.54) is 0 Å². The zero-order chi connectivity index (χ0) is 13.9. The summed E-state index contributed by atoms with van der Waals surface area (Å²) in [5.41, 5.74) is 0.704. The summed E-state index contributed by atoms with van der Waals surface area (Å²) in [6.45, 7) is 1.92. The van der Waals surface area contributed by atoms with Crippen molar-refractivity contribution in [3.63, 3.8) is 0 Å². The van der Waals surface area contributed by atoms with Crippen molar-refractivity contribution in [3.05, 3.63) is 36.5 Å². The van der Waals surface area contributed by atoms with E-state index >= 15 is 0 Å². The molecule has 1 amide bonds. The minimum atomic E-state index is -0.115. The minimum absolute atomic E-state index is 0.0108. The van der Waals surface area contributed by atoms with Crippen LogP contribution in [0.4, 0.5) is 5.69 Å². The van der Waals surface area contributed by atoms with Crippen molar-refractivity contribution in [3.8, 4) is 5.82 Å². The fourth-order valence-corrected chi connectivity index (χ4v) is 2.96. The molecule has 6 nitrogen and oxygen atoms in total. The lowest BCUT2D eigenvalue weighted by atomic mass is 10.3. The van der Waals surface area contributed by atoms with E-state index in [0.29, 0.717) is 5.69 Å². The summed E-state index contributed by atoms with van der Waals surface area (Å²) in [5, 5.41) is 6.00. The van der Waals surface area contributed by atoms with Crippen LogP contribution < -0.4 is 10.6 Å². The van der Waals surface area contributed by atoms with Crippen molar-refractivity contribution in [2.45, 2.75) is 13.0 Å². The minimum Gasteiger partial charge on any atom is -0.323 e. The van der Waals surface area contributed by atoms with Crippen LogP contribution in [0.15, 0.2) is 30.7 Å². The van der Waals surface area contributed by atoms with Crippen LogP contribution in [0.3, 0.4) is 0 Å². The summed E-state index contributed by atoms with van der Waals surface area (Å²) in [7, 11) is 0. The molecule has 2 aromatic heterocycles. The number of imidazole rings is 1. The fourth-order valence-electron chi connectivity index (χ4n) is 2.02. The van der Waals surface area contributed by atoms with Gasteiger partial charge in [-0.15, -0.1) is 11.8 Å². The van der Waals surface area contributed by atoms with E-state index < -0.39 is 0 Å². The van der Waals surface area contributed by atoms with Crippen molar-refractivity contribution < 1.29 is 4.79 Å². The maximum Gasteiger partial charge on any atom is 0.242 e. The van der Waals surface area contributed by atoms with E-state index in [4.69, 9.17) is 0 Å². The molecule has 2 aromatic rings. The van der Waals surface area contributed by atoms with Gasteiger partial charge in [0.2, 0.25) is 5.91 Å². The van der Waals surface area contributed by atoms with E-state index in [1.807, 2.05) is 29.8 Å². The Morgan fingerprint density at radius 3 is 3.00 bits per heavy atom. The number of hydrogen-bond acceptors (Lipinski definition) is 5. The number of aromatic nitrogens is 3.